The van der Waals surface area contributed by atoms with Gasteiger partial charge >= 0.3 is 0 Å². The summed E-state index contributed by atoms with van der Waals surface area (Å²) in [6.07, 6.45) is 2.72. The number of carbonyl (C=O) groups excluding carboxylic acids is 1. The van der Waals surface area contributed by atoms with Gasteiger partial charge in [-0.25, -0.2) is 9.82 Å². The third kappa shape index (κ3) is 4.53. The summed E-state index contributed by atoms with van der Waals surface area (Å²) < 4.78 is 15.2. The Morgan fingerprint density at radius 1 is 1.21 bits per heavy atom. The number of hydrazone groups is 1. The van der Waals surface area contributed by atoms with Crippen molar-refractivity contribution in [2.45, 2.75) is 13.5 Å². The van der Waals surface area contributed by atoms with Crippen molar-refractivity contribution in [3.8, 4) is 0 Å². The van der Waals surface area contributed by atoms with Gasteiger partial charge in [-0.15, -0.1) is 0 Å². The maximum Gasteiger partial charge on any atom is 0.276 e. The normalized spacial score (nSPS) is 11.0. The van der Waals surface area contributed by atoms with Crippen molar-refractivity contribution in [2.24, 2.45) is 5.10 Å². The van der Waals surface area contributed by atoms with Crippen molar-refractivity contribution in [3.05, 3.63) is 104 Å². The zero-order valence-corrected chi connectivity index (χ0v) is 15.8. The van der Waals surface area contributed by atoms with Crippen LogP contribution in [-0.4, -0.2) is 16.7 Å². The molecule has 3 rings (SSSR count). The van der Waals surface area contributed by atoms with Crippen LogP contribution >= 0.6 is 11.6 Å². The monoisotopic (exact) mass is 397 g/mol. The minimum absolute atomic E-state index is 0.0504. The Morgan fingerprint density at radius 3 is 2.75 bits per heavy atom. The van der Waals surface area contributed by atoms with Crippen molar-refractivity contribution in [1.82, 2.24) is 9.99 Å². The first-order chi connectivity index (χ1) is 13.5. The number of rotatable bonds is 5. The molecule has 7 heteroatoms. The van der Waals surface area contributed by atoms with E-state index in [0.29, 0.717) is 6.54 Å². The average Bonchev–Trinajstić information content (AvgIpc) is 2.66. The van der Waals surface area contributed by atoms with Gasteiger partial charge in [0.1, 0.15) is 11.4 Å². The van der Waals surface area contributed by atoms with Gasteiger partial charge in [-0.05, 0) is 36.8 Å². The summed E-state index contributed by atoms with van der Waals surface area (Å²) in [5.74, 6) is -1.25. The largest absolute Gasteiger partial charge is 0.310 e. The van der Waals surface area contributed by atoms with Gasteiger partial charge in [0.2, 0.25) is 0 Å². The molecule has 0 bridgehead atoms. The van der Waals surface area contributed by atoms with Gasteiger partial charge in [-0.2, -0.15) is 5.10 Å². The number of halogens is 2. The fourth-order valence-electron chi connectivity index (χ4n) is 2.69. The summed E-state index contributed by atoms with van der Waals surface area (Å²) in [5.41, 5.74) is 3.81. The van der Waals surface area contributed by atoms with Gasteiger partial charge in [0.05, 0.1) is 17.8 Å². The number of amides is 1. The Labute approximate surface area is 166 Å². The first-order valence-electron chi connectivity index (χ1n) is 8.48. The first-order valence-corrected chi connectivity index (χ1v) is 8.86. The number of aromatic nitrogens is 1. The predicted molar refractivity (Wildman–Crippen MR) is 107 cm³/mol. The molecule has 0 atom stereocenters. The number of nitrogens with zero attached hydrogens (tertiary/aromatic N) is 2. The van der Waals surface area contributed by atoms with Gasteiger partial charge in [0.15, 0.2) is 0 Å². The Morgan fingerprint density at radius 2 is 2.00 bits per heavy atom. The van der Waals surface area contributed by atoms with E-state index in [1.807, 2.05) is 31.2 Å². The molecule has 1 amide bonds. The van der Waals surface area contributed by atoms with Gasteiger partial charge in [-0.3, -0.25) is 9.59 Å². The molecule has 0 aliphatic heterocycles. The van der Waals surface area contributed by atoms with Crippen LogP contribution in [0.15, 0.2) is 70.7 Å². The third-order valence-electron chi connectivity index (χ3n) is 4.06. The van der Waals surface area contributed by atoms with Crippen LogP contribution in [0.4, 0.5) is 4.39 Å². The zero-order valence-electron chi connectivity index (χ0n) is 15.0. The highest BCUT2D eigenvalue weighted by Gasteiger charge is 2.12. The van der Waals surface area contributed by atoms with E-state index in [4.69, 9.17) is 11.6 Å². The maximum absolute atomic E-state index is 13.7. The molecule has 142 valence electrons. The van der Waals surface area contributed by atoms with Crippen molar-refractivity contribution >= 4 is 23.7 Å². The molecule has 0 unspecified atom stereocenters. The summed E-state index contributed by atoms with van der Waals surface area (Å²) >= 11 is 5.90. The second-order valence-electron chi connectivity index (χ2n) is 6.18. The predicted octanol–water partition coefficient (Wildman–Crippen LogP) is 3.76. The van der Waals surface area contributed by atoms with E-state index in [2.05, 4.69) is 10.5 Å². The topological polar surface area (TPSA) is 63.5 Å². The van der Waals surface area contributed by atoms with Crippen molar-refractivity contribution < 1.29 is 9.18 Å². The van der Waals surface area contributed by atoms with E-state index >= 15 is 0 Å². The molecule has 1 aromatic heterocycles. The lowest BCUT2D eigenvalue weighted by atomic mass is 10.1. The zero-order chi connectivity index (χ0) is 20.1. The molecule has 0 fully saturated rings. The Balaban J connectivity index is 1.77. The molecule has 0 aliphatic carbocycles. The van der Waals surface area contributed by atoms with Gasteiger partial charge in [0, 0.05) is 11.8 Å². The van der Waals surface area contributed by atoms with Gasteiger partial charge in [-0.1, -0.05) is 47.5 Å². The molecule has 1 N–H and O–H groups in total. The number of benzene rings is 2. The van der Waals surface area contributed by atoms with E-state index < -0.39 is 17.3 Å². The van der Waals surface area contributed by atoms with Crippen LogP contribution in [-0.2, 0) is 6.54 Å². The van der Waals surface area contributed by atoms with Crippen LogP contribution in [0.5, 0.6) is 0 Å². The van der Waals surface area contributed by atoms with E-state index in [0.717, 1.165) is 17.3 Å². The van der Waals surface area contributed by atoms with Crippen LogP contribution in [0, 0.1) is 12.7 Å². The maximum atomic E-state index is 13.7. The molecule has 0 spiro atoms. The minimum atomic E-state index is -0.688. The molecular weight excluding hydrogens is 381 g/mol. The molecule has 0 aliphatic rings. The van der Waals surface area contributed by atoms with E-state index in [1.165, 1.54) is 28.8 Å². The van der Waals surface area contributed by atoms with Crippen molar-refractivity contribution in [2.75, 3.05) is 0 Å². The Kier molecular flexibility index (Phi) is 6.01. The number of pyridine rings is 1. The van der Waals surface area contributed by atoms with Gasteiger partial charge < -0.3 is 4.57 Å². The number of nitrogens with one attached hydrogen (secondary N) is 1. The molecule has 0 radical (unpaired) electrons. The van der Waals surface area contributed by atoms with Crippen LogP contribution in [0.2, 0.25) is 5.02 Å². The first kappa shape index (κ1) is 19.5. The minimum Gasteiger partial charge on any atom is -0.310 e. The highest BCUT2D eigenvalue weighted by molar-refractivity contribution is 6.33. The third-order valence-corrected chi connectivity index (χ3v) is 4.39. The van der Waals surface area contributed by atoms with Crippen molar-refractivity contribution in [1.29, 1.82) is 0 Å². The molecule has 3 aromatic rings. The molecule has 0 saturated heterocycles. The standard InChI is InChI=1S/C21H17ClFN3O2/c1-14-5-2-6-15(11-14)13-26-10-4-7-16(21(26)28)20(27)25-24-12-17-18(22)8-3-9-19(17)23/h2-12H,13H2,1H3,(H,25,27)/b24-12-. The highest BCUT2D eigenvalue weighted by atomic mass is 35.5. The summed E-state index contributed by atoms with van der Waals surface area (Å²) in [7, 11) is 0. The number of carbonyl (C=O) groups is 1. The van der Waals surface area contributed by atoms with Crippen LogP contribution in [0.25, 0.3) is 0 Å². The fraction of sp³-hybridized carbons (Fsp3) is 0.0952. The second-order valence-corrected chi connectivity index (χ2v) is 6.59. The second kappa shape index (κ2) is 8.63. The fourth-order valence-corrected chi connectivity index (χ4v) is 2.90. The van der Waals surface area contributed by atoms with Crippen molar-refractivity contribution in [3.63, 3.8) is 0 Å². The number of aryl methyl sites for hydroxylation is 1. The molecule has 1 heterocycles. The highest BCUT2D eigenvalue weighted by Crippen LogP contribution is 2.16. The summed E-state index contributed by atoms with van der Waals surface area (Å²) in [6.45, 7) is 2.31. The molecule has 5 nitrogen and oxygen atoms in total. The average molecular weight is 398 g/mol. The lowest BCUT2D eigenvalue weighted by molar-refractivity contribution is 0.0953. The molecule has 2 aromatic carbocycles. The summed E-state index contributed by atoms with van der Waals surface area (Å²) in [6, 6.07) is 15.0. The van der Waals surface area contributed by atoms with E-state index in [9.17, 15) is 14.0 Å². The van der Waals surface area contributed by atoms with E-state index in [-0.39, 0.29) is 16.1 Å². The lowest BCUT2D eigenvalue weighted by Crippen LogP contribution is -2.30. The van der Waals surface area contributed by atoms with E-state index in [1.54, 1.807) is 12.3 Å². The lowest BCUT2D eigenvalue weighted by Gasteiger charge is -2.08. The van der Waals surface area contributed by atoms with Crippen LogP contribution in [0.3, 0.4) is 0 Å². The Bertz CT molecular complexity index is 1090. The van der Waals surface area contributed by atoms with Gasteiger partial charge in [0.25, 0.3) is 11.5 Å². The Hall–Kier alpha value is -3.25. The number of hydrogen-bond acceptors (Lipinski definition) is 3. The van der Waals surface area contributed by atoms with Crippen LogP contribution < -0.4 is 11.0 Å². The molecular formula is C21H17ClFN3O2. The quantitative estimate of drug-likeness (QED) is 0.526. The smallest absolute Gasteiger partial charge is 0.276 e. The SMILES string of the molecule is Cc1cccc(Cn2cccc(C(=O)N/N=C\c3c(F)cccc3Cl)c2=O)c1. The summed E-state index contributed by atoms with van der Waals surface area (Å²) in [4.78, 5) is 24.9. The summed E-state index contributed by atoms with van der Waals surface area (Å²) in [5, 5.41) is 3.87. The number of hydrogen-bond donors (Lipinski definition) is 1. The molecule has 0 saturated carbocycles. The van der Waals surface area contributed by atoms with Crippen LogP contribution in [0.1, 0.15) is 27.0 Å². The molecule has 28 heavy (non-hydrogen) atoms.